The van der Waals surface area contributed by atoms with Crippen molar-refractivity contribution in [2.75, 3.05) is 50.3 Å². The van der Waals surface area contributed by atoms with Gasteiger partial charge in [-0.2, -0.15) is 0 Å². The van der Waals surface area contributed by atoms with Crippen molar-refractivity contribution in [3.8, 4) is 0 Å². The minimum atomic E-state index is -4.74. The van der Waals surface area contributed by atoms with Crippen LogP contribution in [0.5, 0.6) is 0 Å². The van der Waals surface area contributed by atoms with Crippen molar-refractivity contribution in [2.45, 2.75) is 51.3 Å². The molecule has 196 valence electrons. The predicted octanol–water partition coefficient (Wildman–Crippen LogP) is 6.04. The van der Waals surface area contributed by atoms with E-state index in [0.717, 1.165) is 12.1 Å². The topological polar surface area (TPSA) is 114 Å². The van der Waals surface area contributed by atoms with Crippen molar-refractivity contribution in [1.29, 1.82) is 0 Å². The van der Waals surface area contributed by atoms with Gasteiger partial charge in [-0.3, -0.25) is 0 Å². The molecule has 2 aromatic rings. The first-order valence-electron chi connectivity index (χ1n) is 11.7. The lowest BCUT2D eigenvalue weighted by atomic mass is 10.1. The van der Waals surface area contributed by atoms with Crippen LogP contribution in [0.2, 0.25) is 0 Å². The van der Waals surface area contributed by atoms with Crippen molar-refractivity contribution >= 4 is 45.5 Å². The Morgan fingerprint density at radius 3 is 0.941 bits per heavy atom. The second kappa shape index (κ2) is 14.2. The molecule has 0 spiro atoms. The zero-order valence-corrected chi connectivity index (χ0v) is 25.3. The normalized spacial score (nSPS) is 12.4. The maximum absolute atomic E-state index is 11.0. The lowest BCUT2D eigenvalue weighted by Crippen LogP contribution is -2.03. The molecule has 10 heteroatoms. The summed E-state index contributed by atoms with van der Waals surface area (Å²) in [5.74, 6) is 0. The van der Waals surface area contributed by atoms with Gasteiger partial charge in [0.05, 0.1) is 46.8 Å². The van der Waals surface area contributed by atoms with Crippen LogP contribution in [0.25, 0.3) is 10.8 Å². The van der Waals surface area contributed by atoms with E-state index in [1.807, 2.05) is 0 Å². The SMILES string of the molecule is CC[P+](C)(CC)CC.CC[P+](C)(CC)CC.O=S(=O)([O-])c1cccc2c(S(=O)(=O)[O-])cccc12. The van der Waals surface area contributed by atoms with Gasteiger partial charge in [0.2, 0.25) is 0 Å². The van der Waals surface area contributed by atoms with Gasteiger partial charge in [0.15, 0.2) is 0 Å². The van der Waals surface area contributed by atoms with Crippen LogP contribution in [0, 0.1) is 0 Å². The fourth-order valence-corrected chi connectivity index (χ4v) is 7.10. The van der Waals surface area contributed by atoms with Gasteiger partial charge < -0.3 is 9.11 Å². The third kappa shape index (κ3) is 10.2. The molecule has 0 aliphatic carbocycles. The molecule has 0 radical (unpaired) electrons. The van der Waals surface area contributed by atoms with Crippen LogP contribution in [0.3, 0.4) is 0 Å². The highest BCUT2D eigenvalue weighted by atomic mass is 32.2. The van der Waals surface area contributed by atoms with Crippen LogP contribution in [0.15, 0.2) is 46.2 Å². The van der Waals surface area contributed by atoms with Crippen LogP contribution in [0.1, 0.15) is 41.5 Å². The molecule has 0 aromatic heterocycles. The predicted molar refractivity (Wildman–Crippen MR) is 149 cm³/mol. The molecule has 0 bridgehead atoms. The molecular formula is C24H42O6P2S2. The van der Waals surface area contributed by atoms with Crippen molar-refractivity contribution in [1.82, 2.24) is 0 Å². The summed E-state index contributed by atoms with van der Waals surface area (Å²) in [6.45, 7) is 18.9. The Morgan fingerprint density at radius 2 is 0.794 bits per heavy atom. The van der Waals surface area contributed by atoms with E-state index < -0.39 is 44.6 Å². The van der Waals surface area contributed by atoms with Crippen molar-refractivity contribution in [3.05, 3.63) is 36.4 Å². The lowest BCUT2D eigenvalue weighted by Gasteiger charge is -2.16. The van der Waals surface area contributed by atoms with E-state index in [0.29, 0.717) is 0 Å². The molecule has 6 nitrogen and oxygen atoms in total. The zero-order valence-electron chi connectivity index (χ0n) is 21.9. The number of fused-ring (bicyclic) bond motifs is 1. The summed E-state index contributed by atoms with van der Waals surface area (Å²) < 4.78 is 66.1. The molecule has 2 aromatic carbocycles. The molecular weight excluding hydrogens is 510 g/mol. The van der Waals surface area contributed by atoms with Gasteiger partial charge in [-0.1, -0.05) is 24.3 Å². The van der Waals surface area contributed by atoms with Crippen LogP contribution in [-0.4, -0.2) is 76.2 Å². The van der Waals surface area contributed by atoms with E-state index in [1.165, 1.54) is 61.2 Å². The van der Waals surface area contributed by atoms with E-state index in [-0.39, 0.29) is 10.8 Å². The average molecular weight is 553 g/mol. The van der Waals surface area contributed by atoms with E-state index >= 15 is 0 Å². The quantitative estimate of drug-likeness (QED) is 0.292. The number of benzene rings is 2. The fourth-order valence-electron chi connectivity index (χ4n) is 3.03. The Bertz CT molecular complexity index is 1000. The summed E-state index contributed by atoms with van der Waals surface area (Å²) in [5, 5.41) is -0.158. The molecule has 0 heterocycles. The summed E-state index contributed by atoms with van der Waals surface area (Å²) in [6, 6.07) is 7.09. The molecule has 0 fully saturated rings. The lowest BCUT2D eigenvalue weighted by molar-refractivity contribution is 0.461. The molecule has 0 aliphatic rings. The number of hydrogen-bond acceptors (Lipinski definition) is 6. The van der Waals surface area contributed by atoms with Gasteiger partial charge in [-0.05, 0) is 53.7 Å². The van der Waals surface area contributed by atoms with Crippen LogP contribution < -0.4 is 0 Å². The monoisotopic (exact) mass is 552 g/mol. The highest BCUT2D eigenvalue weighted by Gasteiger charge is 2.23. The van der Waals surface area contributed by atoms with Gasteiger partial charge >= 0.3 is 0 Å². The molecule has 0 saturated carbocycles. The minimum Gasteiger partial charge on any atom is -0.744 e. The smallest absolute Gasteiger partial charge is 0.125 e. The van der Waals surface area contributed by atoms with Crippen LogP contribution >= 0.6 is 14.5 Å². The van der Waals surface area contributed by atoms with Crippen LogP contribution in [-0.2, 0) is 20.2 Å². The molecule has 0 saturated heterocycles. The fraction of sp³-hybridized carbons (Fsp3) is 0.583. The minimum absolute atomic E-state index is 0.0792. The molecule has 0 unspecified atom stereocenters. The van der Waals surface area contributed by atoms with Gasteiger partial charge in [-0.15, -0.1) is 0 Å². The van der Waals surface area contributed by atoms with E-state index in [1.54, 1.807) is 0 Å². The number of hydrogen-bond donors (Lipinski definition) is 0. The van der Waals surface area contributed by atoms with Crippen molar-refractivity contribution < 1.29 is 25.9 Å². The third-order valence-electron chi connectivity index (χ3n) is 6.96. The Kier molecular flexibility index (Phi) is 13.9. The van der Waals surface area contributed by atoms with Crippen LogP contribution in [0.4, 0.5) is 0 Å². The maximum Gasteiger partial charge on any atom is 0.125 e. The highest BCUT2D eigenvalue weighted by Crippen LogP contribution is 2.54. The first-order chi connectivity index (χ1) is 15.6. The van der Waals surface area contributed by atoms with E-state index in [2.05, 4.69) is 54.9 Å². The Balaban J connectivity index is 0.000000570. The zero-order chi connectivity index (χ0) is 26.8. The second-order valence-electron chi connectivity index (χ2n) is 8.65. The van der Waals surface area contributed by atoms with Gasteiger partial charge in [0.1, 0.15) is 20.2 Å². The summed E-state index contributed by atoms with van der Waals surface area (Å²) in [6.07, 6.45) is 8.58. The number of rotatable bonds is 8. The van der Waals surface area contributed by atoms with Gasteiger partial charge in [0.25, 0.3) is 0 Å². The Labute approximate surface area is 209 Å². The van der Waals surface area contributed by atoms with E-state index in [9.17, 15) is 25.9 Å². The highest BCUT2D eigenvalue weighted by molar-refractivity contribution is 7.86. The van der Waals surface area contributed by atoms with Crippen molar-refractivity contribution in [2.24, 2.45) is 0 Å². The van der Waals surface area contributed by atoms with Crippen molar-refractivity contribution in [3.63, 3.8) is 0 Å². The second-order valence-corrected chi connectivity index (χ2v) is 21.6. The first-order valence-corrected chi connectivity index (χ1v) is 20.1. The molecule has 0 N–H and O–H groups in total. The molecule has 0 aliphatic heterocycles. The van der Waals surface area contributed by atoms with Gasteiger partial charge in [-0.25, -0.2) is 16.8 Å². The average Bonchev–Trinajstić information content (AvgIpc) is 2.81. The molecule has 0 amide bonds. The summed E-state index contributed by atoms with van der Waals surface area (Å²) >= 11 is 0. The molecule has 2 rings (SSSR count). The Hall–Kier alpha value is -0.620. The summed E-state index contributed by atoms with van der Waals surface area (Å²) in [5.41, 5.74) is 0. The van der Waals surface area contributed by atoms with Gasteiger partial charge in [0, 0.05) is 38.6 Å². The molecule has 0 atom stereocenters. The third-order valence-corrected chi connectivity index (χ3v) is 17.9. The molecule has 34 heavy (non-hydrogen) atoms. The standard InChI is InChI=1S/C10H8O6S2.2C7H18P/c11-17(12,13)9-5-1-3-7-8(9)4-2-6-10(7)18(14,15)16;2*1-5-8(4,6-2)7-3/h1-6H,(H,11,12,13)(H,14,15,16);2*5-7H2,1-4H3/q;2*+1/p-2. The first kappa shape index (κ1) is 33.4. The maximum atomic E-state index is 11.0. The summed E-state index contributed by atoms with van der Waals surface area (Å²) in [7, 11) is -10.3. The largest absolute Gasteiger partial charge is 0.744 e. The van der Waals surface area contributed by atoms with E-state index in [4.69, 9.17) is 0 Å². The summed E-state index contributed by atoms with van der Waals surface area (Å²) in [4.78, 5) is -1.10. The Morgan fingerprint density at radius 1 is 0.559 bits per heavy atom.